The lowest BCUT2D eigenvalue weighted by Gasteiger charge is -2.11. The summed E-state index contributed by atoms with van der Waals surface area (Å²) in [4.78, 5) is 20.6. The van der Waals surface area contributed by atoms with Crippen molar-refractivity contribution < 1.29 is 4.79 Å². The van der Waals surface area contributed by atoms with Crippen LogP contribution in [0.1, 0.15) is 16.8 Å². The molecule has 0 fully saturated rings. The van der Waals surface area contributed by atoms with Crippen molar-refractivity contribution >= 4 is 23.7 Å². The molecule has 1 aromatic heterocycles. The van der Waals surface area contributed by atoms with Crippen molar-refractivity contribution in [2.45, 2.75) is 6.42 Å². The van der Waals surface area contributed by atoms with Crippen LogP contribution in [0.2, 0.25) is 5.15 Å². The van der Waals surface area contributed by atoms with Gasteiger partial charge in [0.2, 0.25) is 0 Å². The molecule has 0 aliphatic carbocycles. The Morgan fingerprint density at radius 1 is 1.50 bits per heavy atom. The second kappa shape index (κ2) is 6.40. The summed E-state index contributed by atoms with van der Waals surface area (Å²) < 4.78 is 0. The van der Waals surface area contributed by atoms with E-state index in [-0.39, 0.29) is 5.15 Å². The second-order valence-corrected chi connectivity index (χ2v) is 3.99. The SMILES string of the molecule is CN(C)CCCNc1ncnc(Cl)c1C=O. The average molecular weight is 243 g/mol. The van der Waals surface area contributed by atoms with Gasteiger partial charge in [0, 0.05) is 6.54 Å². The third-order valence-corrected chi connectivity index (χ3v) is 2.33. The molecule has 88 valence electrons. The fraction of sp³-hybridized carbons (Fsp3) is 0.500. The zero-order valence-electron chi connectivity index (χ0n) is 9.40. The average Bonchev–Trinajstić information content (AvgIpc) is 2.24. The van der Waals surface area contributed by atoms with Crippen LogP contribution in [0.4, 0.5) is 5.82 Å². The molecule has 0 aliphatic heterocycles. The van der Waals surface area contributed by atoms with Crippen molar-refractivity contribution in [1.29, 1.82) is 0 Å². The van der Waals surface area contributed by atoms with E-state index in [2.05, 4.69) is 20.2 Å². The molecule has 1 N–H and O–H groups in total. The van der Waals surface area contributed by atoms with Crippen LogP contribution in [-0.4, -0.2) is 48.3 Å². The van der Waals surface area contributed by atoms with E-state index in [1.807, 2.05) is 14.1 Å². The smallest absolute Gasteiger partial charge is 0.156 e. The predicted molar refractivity (Wildman–Crippen MR) is 64.1 cm³/mol. The van der Waals surface area contributed by atoms with Gasteiger partial charge in [-0.25, -0.2) is 9.97 Å². The third kappa shape index (κ3) is 3.75. The molecule has 0 spiro atoms. The summed E-state index contributed by atoms with van der Waals surface area (Å²) in [6, 6.07) is 0. The zero-order chi connectivity index (χ0) is 12.0. The molecule has 0 radical (unpaired) electrons. The number of anilines is 1. The van der Waals surface area contributed by atoms with Gasteiger partial charge in [-0.2, -0.15) is 0 Å². The lowest BCUT2D eigenvalue weighted by molar-refractivity contribution is 0.112. The fourth-order valence-corrected chi connectivity index (χ4v) is 1.40. The van der Waals surface area contributed by atoms with Crippen molar-refractivity contribution in [3.8, 4) is 0 Å². The van der Waals surface area contributed by atoms with Crippen LogP contribution in [0.25, 0.3) is 0 Å². The molecule has 0 unspecified atom stereocenters. The number of rotatable bonds is 6. The van der Waals surface area contributed by atoms with E-state index < -0.39 is 0 Å². The van der Waals surface area contributed by atoms with Gasteiger partial charge in [0.05, 0.1) is 5.56 Å². The number of nitrogens with zero attached hydrogens (tertiary/aromatic N) is 3. The van der Waals surface area contributed by atoms with Gasteiger partial charge in [0.1, 0.15) is 17.3 Å². The molecule has 1 rings (SSSR count). The van der Waals surface area contributed by atoms with E-state index in [4.69, 9.17) is 11.6 Å². The van der Waals surface area contributed by atoms with Crippen LogP contribution in [-0.2, 0) is 0 Å². The van der Waals surface area contributed by atoms with Crippen molar-refractivity contribution in [2.24, 2.45) is 0 Å². The van der Waals surface area contributed by atoms with Gasteiger partial charge in [-0.15, -0.1) is 0 Å². The molecule has 0 aromatic carbocycles. The van der Waals surface area contributed by atoms with Gasteiger partial charge in [0.15, 0.2) is 6.29 Å². The van der Waals surface area contributed by atoms with Crippen molar-refractivity contribution in [1.82, 2.24) is 14.9 Å². The quantitative estimate of drug-likeness (QED) is 0.463. The first-order chi connectivity index (χ1) is 7.65. The molecule has 0 saturated heterocycles. The highest BCUT2D eigenvalue weighted by Gasteiger charge is 2.07. The van der Waals surface area contributed by atoms with Crippen molar-refractivity contribution in [3.63, 3.8) is 0 Å². The van der Waals surface area contributed by atoms with Crippen molar-refractivity contribution in [3.05, 3.63) is 17.0 Å². The zero-order valence-corrected chi connectivity index (χ0v) is 10.2. The van der Waals surface area contributed by atoms with Gasteiger partial charge in [-0.05, 0) is 27.1 Å². The minimum absolute atomic E-state index is 0.181. The summed E-state index contributed by atoms with van der Waals surface area (Å²) >= 11 is 5.76. The maximum Gasteiger partial charge on any atom is 0.156 e. The Bertz CT molecular complexity index is 357. The Kier molecular flexibility index (Phi) is 5.14. The Morgan fingerprint density at radius 2 is 2.25 bits per heavy atom. The number of halogens is 1. The molecule has 0 atom stereocenters. The number of carbonyl (C=O) groups is 1. The van der Waals surface area contributed by atoms with Crippen LogP contribution in [0.15, 0.2) is 6.33 Å². The topological polar surface area (TPSA) is 58.1 Å². The standard InChI is InChI=1S/C10H15ClN4O/c1-15(2)5-3-4-12-10-8(6-16)9(11)13-7-14-10/h6-7H,3-5H2,1-2H3,(H,12,13,14). The van der Waals surface area contributed by atoms with E-state index in [1.54, 1.807) is 0 Å². The summed E-state index contributed by atoms with van der Waals surface area (Å²) in [6.45, 7) is 1.72. The number of aromatic nitrogens is 2. The van der Waals surface area contributed by atoms with E-state index in [9.17, 15) is 4.79 Å². The molecule has 6 heteroatoms. The van der Waals surface area contributed by atoms with Gasteiger partial charge in [0.25, 0.3) is 0 Å². The molecular formula is C10H15ClN4O. The van der Waals surface area contributed by atoms with Gasteiger partial charge < -0.3 is 10.2 Å². The summed E-state index contributed by atoms with van der Waals surface area (Å²) in [7, 11) is 4.02. The third-order valence-electron chi connectivity index (χ3n) is 2.03. The highest BCUT2D eigenvalue weighted by Crippen LogP contribution is 2.16. The lowest BCUT2D eigenvalue weighted by Crippen LogP contribution is -2.17. The molecule has 16 heavy (non-hydrogen) atoms. The van der Waals surface area contributed by atoms with Crippen LogP contribution in [0.3, 0.4) is 0 Å². The largest absolute Gasteiger partial charge is 0.369 e. The Morgan fingerprint density at radius 3 is 2.88 bits per heavy atom. The Hall–Kier alpha value is -1.20. The number of hydrogen-bond acceptors (Lipinski definition) is 5. The van der Waals surface area contributed by atoms with E-state index in [1.165, 1.54) is 6.33 Å². The molecule has 5 nitrogen and oxygen atoms in total. The Balaban J connectivity index is 2.53. The van der Waals surface area contributed by atoms with Gasteiger partial charge in [-0.1, -0.05) is 11.6 Å². The number of nitrogens with one attached hydrogen (secondary N) is 1. The van der Waals surface area contributed by atoms with Gasteiger partial charge >= 0.3 is 0 Å². The molecule has 1 aromatic rings. The molecule has 0 amide bonds. The lowest BCUT2D eigenvalue weighted by atomic mass is 10.3. The second-order valence-electron chi connectivity index (χ2n) is 3.63. The molecule has 1 heterocycles. The maximum atomic E-state index is 10.8. The number of aldehydes is 1. The maximum absolute atomic E-state index is 10.8. The fourth-order valence-electron chi connectivity index (χ4n) is 1.22. The van der Waals surface area contributed by atoms with Crippen molar-refractivity contribution in [2.75, 3.05) is 32.5 Å². The molecule has 0 aliphatic rings. The molecule has 0 saturated carbocycles. The van der Waals surface area contributed by atoms with Crippen LogP contribution < -0.4 is 5.32 Å². The van der Waals surface area contributed by atoms with Crippen LogP contribution in [0.5, 0.6) is 0 Å². The summed E-state index contributed by atoms with van der Waals surface area (Å²) in [5.41, 5.74) is 0.314. The molecular weight excluding hydrogens is 228 g/mol. The molecule has 0 bridgehead atoms. The summed E-state index contributed by atoms with van der Waals surface area (Å²) in [6.07, 6.45) is 2.97. The normalized spacial score (nSPS) is 10.5. The van der Waals surface area contributed by atoms with Crippen LogP contribution in [0, 0.1) is 0 Å². The minimum atomic E-state index is 0.181. The Labute approximate surface area is 99.8 Å². The summed E-state index contributed by atoms with van der Waals surface area (Å²) in [5, 5.41) is 3.25. The minimum Gasteiger partial charge on any atom is -0.369 e. The highest BCUT2D eigenvalue weighted by atomic mass is 35.5. The van der Waals surface area contributed by atoms with E-state index in [0.717, 1.165) is 19.5 Å². The summed E-state index contributed by atoms with van der Waals surface area (Å²) in [5.74, 6) is 0.494. The first kappa shape index (κ1) is 12.9. The highest BCUT2D eigenvalue weighted by molar-refractivity contribution is 6.32. The van der Waals surface area contributed by atoms with Gasteiger partial charge in [-0.3, -0.25) is 4.79 Å². The van der Waals surface area contributed by atoms with E-state index >= 15 is 0 Å². The monoisotopic (exact) mass is 242 g/mol. The predicted octanol–water partition coefficient (Wildman–Crippen LogP) is 1.31. The number of carbonyl (C=O) groups excluding carboxylic acids is 1. The first-order valence-electron chi connectivity index (χ1n) is 4.99. The van der Waals surface area contributed by atoms with Crippen LogP contribution >= 0.6 is 11.6 Å². The number of hydrogen-bond donors (Lipinski definition) is 1. The first-order valence-corrected chi connectivity index (χ1v) is 5.37. The van der Waals surface area contributed by atoms with E-state index in [0.29, 0.717) is 17.7 Å².